The van der Waals surface area contributed by atoms with Gasteiger partial charge in [0.2, 0.25) is 0 Å². The molecule has 1 heterocycles. The van der Waals surface area contributed by atoms with Crippen molar-refractivity contribution < 1.29 is 0 Å². The zero-order valence-corrected chi connectivity index (χ0v) is 8.68. The molecule has 0 spiro atoms. The van der Waals surface area contributed by atoms with Crippen molar-refractivity contribution in [1.29, 1.82) is 5.26 Å². The van der Waals surface area contributed by atoms with Crippen LogP contribution in [-0.4, -0.2) is 4.98 Å². The molecular formula is C10H11ClN2. The number of hydrogen-bond acceptors (Lipinski definition) is 2. The second-order valence-corrected chi connectivity index (χ2v) is 3.65. The average molecular weight is 195 g/mol. The first kappa shape index (κ1) is 10.0. The first-order valence-electron chi connectivity index (χ1n) is 4.13. The minimum Gasteiger partial charge on any atom is -0.239 e. The molecule has 3 heteroatoms. The molecule has 2 nitrogen and oxygen atoms in total. The van der Waals surface area contributed by atoms with Gasteiger partial charge in [0, 0.05) is 5.69 Å². The molecule has 0 fully saturated rings. The lowest BCUT2D eigenvalue weighted by molar-refractivity contribution is 0.811. The molecule has 0 amide bonds. The molecule has 0 atom stereocenters. The molecule has 1 aromatic rings. The molecule has 13 heavy (non-hydrogen) atoms. The van der Waals surface area contributed by atoms with E-state index in [2.05, 4.69) is 18.8 Å². The Morgan fingerprint density at radius 1 is 1.54 bits per heavy atom. The highest BCUT2D eigenvalue weighted by Gasteiger charge is 2.09. The summed E-state index contributed by atoms with van der Waals surface area (Å²) in [5.74, 6) is 0.338. The molecule has 0 bridgehead atoms. The summed E-state index contributed by atoms with van der Waals surface area (Å²) >= 11 is 5.81. The summed E-state index contributed by atoms with van der Waals surface area (Å²) in [5.41, 5.74) is 2.43. The van der Waals surface area contributed by atoms with Crippen molar-refractivity contribution >= 4 is 11.6 Å². The van der Waals surface area contributed by atoms with E-state index in [1.165, 1.54) is 0 Å². The summed E-state index contributed by atoms with van der Waals surface area (Å²) in [6, 6.07) is 3.79. The van der Waals surface area contributed by atoms with Crippen LogP contribution < -0.4 is 0 Å². The van der Waals surface area contributed by atoms with Crippen LogP contribution in [0.3, 0.4) is 0 Å². The Kier molecular flexibility index (Phi) is 2.90. The first-order chi connectivity index (χ1) is 6.06. The number of aryl methyl sites for hydroxylation is 1. The Bertz CT molecular complexity index is 364. The van der Waals surface area contributed by atoms with E-state index in [9.17, 15) is 0 Å². The van der Waals surface area contributed by atoms with Crippen molar-refractivity contribution in [2.75, 3.05) is 0 Å². The van der Waals surface area contributed by atoms with Crippen LogP contribution in [0.2, 0.25) is 5.15 Å². The Labute approximate surface area is 83.2 Å². The second-order valence-electron chi connectivity index (χ2n) is 3.30. The van der Waals surface area contributed by atoms with E-state index in [1.54, 1.807) is 6.07 Å². The van der Waals surface area contributed by atoms with Gasteiger partial charge in [0.1, 0.15) is 11.2 Å². The van der Waals surface area contributed by atoms with Gasteiger partial charge in [-0.15, -0.1) is 0 Å². The smallest absolute Gasteiger partial charge is 0.147 e. The molecule has 1 aromatic heterocycles. The number of hydrogen-bond donors (Lipinski definition) is 0. The first-order valence-corrected chi connectivity index (χ1v) is 4.51. The van der Waals surface area contributed by atoms with Crippen molar-refractivity contribution in [3.05, 3.63) is 28.0 Å². The fraction of sp³-hybridized carbons (Fsp3) is 0.400. The third-order valence-corrected chi connectivity index (χ3v) is 2.16. The van der Waals surface area contributed by atoms with E-state index >= 15 is 0 Å². The van der Waals surface area contributed by atoms with Crippen LogP contribution in [0.5, 0.6) is 0 Å². The predicted octanol–water partition coefficient (Wildman–Crippen LogP) is 3.04. The van der Waals surface area contributed by atoms with Gasteiger partial charge < -0.3 is 0 Å². The number of halogens is 1. The molecule has 0 saturated heterocycles. The zero-order valence-electron chi connectivity index (χ0n) is 7.93. The van der Waals surface area contributed by atoms with Gasteiger partial charge in [0.05, 0.1) is 5.56 Å². The number of aromatic nitrogens is 1. The quantitative estimate of drug-likeness (QED) is 0.645. The van der Waals surface area contributed by atoms with Crippen molar-refractivity contribution in [2.45, 2.75) is 26.7 Å². The molecule has 68 valence electrons. The van der Waals surface area contributed by atoms with E-state index in [-0.39, 0.29) is 0 Å². The monoisotopic (exact) mass is 194 g/mol. The summed E-state index contributed by atoms with van der Waals surface area (Å²) in [5, 5.41) is 9.00. The highest BCUT2D eigenvalue weighted by Crippen LogP contribution is 2.21. The fourth-order valence-corrected chi connectivity index (χ4v) is 1.45. The molecular weight excluding hydrogens is 184 g/mol. The van der Waals surface area contributed by atoms with Gasteiger partial charge in [-0.3, -0.25) is 0 Å². The van der Waals surface area contributed by atoms with Gasteiger partial charge in [-0.1, -0.05) is 25.4 Å². The molecule has 0 aliphatic heterocycles. The standard InChI is InChI=1S/C10H11ClN2/c1-6(2)9-7(3)4-8(5-12)10(11)13-9/h4,6H,1-3H3. The molecule has 0 unspecified atom stereocenters. The van der Waals surface area contributed by atoms with Crippen molar-refractivity contribution in [3.63, 3.8) is 0 Å². The van der Waals surface area contributed by atoms with Crippen molar-refractivity contribution in [1.82, 2.24) is 4.98 Å². The van der Waals surface area contributed by atoms with Crippen LogP contribution in [0.1, 0.15) is 36.6 Å². The molecule has 0 radical (unpaired) electrons. The lowest BCUT2D eigenvalue weighted by Crippen LogP contribution is -1.98. The SMILES string of the molecule is Cc1cc(C#N)c(Cl)nc1C(C)C. The van der Waals surface area contributed by atoms with Crippen molar-refractivity contribution in [2.24, 2.45) is 0 Å². The van der Waals surface area contributed by atoms with Gasteiger partial charge in [0.15, 0.2) is 0 Å². The van der Waals surface area contributed by atoms with Gasteiger partial charge in [-0.2, -0.15) is 5.26 Å². The van der Waals surface area contributed by atoms with Crippen molar-refractivity contribution in [3.8, 4) is 6.07 Å². The largest absolute Gasteiger partial charge is 0.239 e. The Morgan fingerprint density at radius 3 is 2.62 bits per heavy atom. The molecule has 0 N–H and O–H groups in total. The maximum absolute atomic E-state index is 8.70. The van der Waals surface area contributed by atoms with E-state index in [0.29, 0.717) is 16.6 Å². The van der Waals surface area contributed by atoms with Gasteiger partial charge in [0.25, 0.3) is 0 Å². The van der Waals surface area contributed by atoms with E-state index in [0.717, 1.165) is 11.3 Å². The van der Waals surface area contributed by atoms with Crippen LogP contribution in [0.25, 0.3) is 0 Å². The molecule has 0 aliphatic rings. The van der Waals surface area contributed by atoms with Gasteiger partial charge in [-0.25, -0.2) is 4.98 Å². The summed E-state index contributed by atoms with van der Waals surface area (Å²) in [4.78, 5) is 4.19. The van der Waals surface area contributed by atoms with Gasteiger partial charge >= 0.3 is 0 Å². The summed E-state index contributed by atoms with van der Waals surface area (Å²) < 4.78 is 0. The van der Waals surface area contributed by atoms with Crippen LogP contribution in [0.15, 0.2) is 6.07 Å². The number of rotatable bonds is 1. The van der Waals surface area contributed by atoms with Crippen LogP contribution in [0, 0.1) is 18.3 Å². The number of nitrogens with zero attached hydrogens (tertiary/aromatic N) is 2. The van der Waals surface area contributed by atoms with E-state index < -0.39 is 0 Å². The van der Waals surface area contributed by atoms with Crippen LogP contribution in [0.4, 0.5) is 0 Å². The minimum absolute atomic E-state index is 0.303. The lowest BCUT2D eigenvalue weighted by Gasteiger charge is -2.09. The summed E-state index contributed by atoms with van der Waals surface area (Å²) in [6.45, 7) is 6.05. The Balaban J connectivity index is 3.31. The van der Waals surface area contributed by atoms with E-state index in [4.69, 9.17) is 16.9 Å². The third-order valence-electron chi connectivity index (χ3n) is 1.87. The molecule has 1 rings (SSSR count). The lowest BCUT2D eigenvalue weighted by atomic mass is 10.0. The molecule has 0 aromatic carbocycles. The third kappa shape index (κ3) is 1.99. The molecule has 0 saturated carbocycles. The Hall–Kier alpha value is -1.07. The maximum atomic E-state index is 8.70. The summed E-state index contributed by atoms with van der Waals surface area (Å²) in [6.07, 6.45) is 0. The topological polar surface area (TPSA) is 36.7 Å². The van der Waals surface area contributed by atoms with Crippen LogP contribution in [-0.2, 0) is 0 Å². The normalized spacial score (nSPS) is 10.2. The van der Waals surface area contributed by atoms with E-state index in [1.807, 2.05) is 13.0 Å². The van der Waals surface area contributed by atoms with Gasteiger partial charge in [-0.05, 0) is 24.5 Å². The highest BCUT2D eigenvalue weighted by molar-refractivity contribution is 6.30. The average Bonchev–Trinajstić information content (AvgIpc) is 2.07. The predicted molar refractivity (Wildman–Crippen MR) is 52.8 cm³/mol. The fourth-order valence-electron chi connectivity index (χ4n) is 1.27. The zero-order chi connectivity index (χ0) is 10.0. The maximum Gasteiger partial charge on any atom is 0.147 e. The second kappa shape index (κ2) is 3.76. The summed E-state index contributed by atoms with van der Waals surface area (Å²) in [7, 11) is 0. The Morgan fingerprint density at radius 2 is 2.15 bits per heavy atom. The number of pyridine rings is 1. The van der Waals surface area contributed by atoms with Crippen LogP contribution >= 0.6 is 11.6 Å². The minimum atomic E-state index is 0.303. The molecule has 0 aliphatic carbocycles. The highest BCUT2D eigenvalue weighted by atomic mass is 35.5. The number of nitriles is 1.